The van der Waals surface area contributed by atoms with Gasteiger partial charge in [-0.05, 0) is 24.6 Å². The van der Waals surface area contributed by atoms with Gasteiger partial charge in [-0.2, -0.15) is 0 Å². The summed E-state index contributed by atoms with van der Waals surface area (Å²) in [5, 5.41) is 5.57. The number of thiazole rings is 1. The van der Waals surface area contributed by atoms with E-state index in [1.165, 1.54) is 37.6 Å². The minimum absolute atomic E-state index is 0.141. The minimum Gasteiger partial charge on any atom is -0.326 e. The second-order valence-electron chi connectivity index (χ2n) is 5.13. The summed E-state index contributed by atoms with van der Waals surface area (Å²) in [6.07, 6.45) is 1.01. The van der Waals surface area contributed by atoms with Crippen molar-refractivity contribution >= 4 is 33.0 Å². The van der Waals surface area contributed by atoms with Crippen molar-refractivity contribution in [2.75, 3.05) is 19.4 Å². The molecule has 0 radical (unpaired) electrons. The molecule has 0 aliphatic rings. The summed E-state index contributed by atoms with van der Waals surface area (Å²) in [4.78, 5) is 16.6. The third kappa shape index (κ3) is 4.37. The lowest BCUT2D eigenvalue weighted by atomic mass is 10.3. The quantitative estimate of drug-likeness (QED) is 0.863. The normalized spacial score (nSPS) is 11.7. The fourth-order valence-electron chi connectivity index (χ4n) is 1.91. The van der Waals surface area contributed by atoms with Crippen LogP contribution in [0.25, 0.3) is 0 Å². The smallest absolute Gasteiger partial charge is 0.242 e. The lowest BCUT2D eigenvalue weighted by molar-refractivity contribution is -0.115. The Kier molecular flexibility index (Phi) is 5.51. The van der Waals surface area contributed by atoms with Gasteiger partial charge >= 0.3 is 0 Å². The van der Waals surface area contributed by atoms with E-state index in [4.69, 9.17) is 0 Å². The van der Waals surface area contributed by atoms with E-state index in [0.29, 0.717) is 5.69 Å². The van der Waals surface area contributed by atoms with E-state index in [2.05, 4.69) is 10.3 Å². The highest BCUT2D eigenvalue weighted by atomic mass is 32.2. The molecule has 6 nitrogen and oxygen atoms in total. The molecule has 1 heterocycles. The Balaban J connectivity index is 2.09. The summed E-state index contributed by atoms with van der Waals surface area (Å²) in [6.45, 7) is 2.01. The highest BCUT2D eigenvalue weighted by Gasteiger charge is 2.17. The number of aryl methyl sites for hydroxylation is 1. The Morgan fingerprint density at radius 1 is 1.35 bits per heavy atom. The van der Waals surface area contributed by atoms with Gasteiger partial charge in [0.1, 0.15) is 0 Å². The molecule has 0 aliphatic heterocycles. The molecule has 0 saturated heterocycles. The van der Waals surface area contributed by atoms with Gasteiger partial charge < -0.3 is 5.32 Å². The van der Waals surface area contributed by atoms with Gasteiger partial charge in [0.2, 0.25) is 15.9 Å². The van der Waals surface area contributed by atoms with Gasteiger partial charge in [-0.3, -0.25) is 4.79 Å². The van der Waals surface area contributed by atoms with E-state index < -0.39 is 10.0 Å². The number of anilines is 1. The van der Waals surface area contributed by atoms with Crippen LogP contribution in [0.2, 0.25) is 0 Å². The number of sulfonamides is 1. The van der Waals surface area contributed by atoms with Crippen LogP contribution in [0, 0.1) is 0 Å². The van der Waals surface area contributed by atoms with Gasteiger partial charge in [-0.15, -0.1) is 11.3 Å². The first kappa shape index (κ1) is 17.6. The van der Waals surface area contributed by atoms with Crippen LogP contribution in [0.3, 0.4) is 0 Å². The summed E-state index contributed by atoms with van der Waals surface area (Å²) in [5.41, 5.74) is 1.17. The number of nitrogens with zero attached hydrogens (tertiary/aromatic N) is 2. The highest BCUT2D eigenvalue weighted by molar-refractivity contribution is 7.89. The van der Waals surface area contributed by atoms with Crippen LogP contribution in [-0.4, -0.2) is 37.7 Å². The van der Waals surface area contributed by atoms with Crippen LogP contribution < -0.4 is 5.32 Å². The van der Waals surface area contributed by atoms with Crippen LogP contribution in [0.4, 0.5) is 5.69 Å². The van der Waals surface area contributed by atoms with Crippen molar-refractivity contribution in [1.29, 1.82) is 0 Å². The fraction of sp³-hybridized carbons (Fsp3) is 0.333. The van der Waals surface area contributed by atoms with Crippen molar-refractivity contribution in [3.63, 3.8) is 0 Å². The number of benzene rings is 1. The molecule has 1 amide bonds. The number of carbonyl (C=O) groups excluding carboxylic acids is 1. The first-order valence-electron chi connectivity index (χ1n) is 7.08. The van der Waals surface area contributed by atoms with Crippen LogP contribution in [-0.2, 0) is 27.7 Å². The van der Waals surface area contributed by atoms with Crippen LogP contribution in [0.15, 0.2) is 34.5 Å². The molecule has 2 rings (SSSR count). The molecular weight excluding hydrogens is 334 g/mol. The molecule has 0 saturated carbocycles. The topological polar surface area (TPSA) is 79.4 Å². The summed E-state index contributed by atoms with van der Waals surface area (Å²) < 4.78 is 25.3. The third-order valence-electron chi connectivity index (χ3n) is 3.14. The summed E-state index contributed by atoms with van der Waals surface area (Å²) in [5.74, 6) is -0.225. The van der Waals surface area contributed by atoms with E-state index in [1.54, 1.807) is 12.1 Å². The molecule has 1 N–H and O–H groups in total. The molecular formula is C15H19N3O3S2. The van der Waals surface area contributed by atoms with Gasteiger partial charge in [0.05, 0.1) is 22.0 Å². The SMILES string of the molecule is CCc1nc(CC(=O)Nc2cccc(S(=O)(=O)N(C)C)c2)cs1. The van der Waals surface area contributed by atoms with Crippen LogP contribution in [0.1, 0.15) is 17.6 Å². The number of amides is 1. The molecule has 0 bridgehead atoms. The Morgan fingerprint density at radius 2 is 2.09 bits per heavy atom. The zero-order chi connectivity index (χ0) is 17.0. The molecule has 0 aliphatic carbocycles. The fourth-order valence-corrected chi connectivity index (χ4v) is 3.60. The van der Waals surface area contributed by atoms with E-state index in [1.807, 2.05) is 12.3 Å². The molecule has 2 aromatic rings. The monoisotopic (exact) mass is 353 g/mol. The average Bonchev–Trinajstić information content (AvgIpc) is 2.94. The molecule has 1 aromatic carbocycles. The minimum atomic E-state index is -3.52. The van der Waals surface area contributed by atoms with Crippen molar-refractivity contribution in [3.8, 4) is 0 Å². The average molecular weight is 353 g/mol. The molecule has 8 heteroatoms. The number of hydrogen-bond acceptors (Lipinski definition) is 5. The Morgan fingerprint density at radius 3 is 2.70 bits per heavy atom. The standard InChI is InChI=1S/C15H19N3O3S2/c1-4-15-17-12(10-22-15)9-14(19)16-11-6-5-7-13(8-11)23(20,21)18(2)3/h5-8,10H,4,9H2,1-3H3,(H,16,19). The van der Waals surface area contributed by atoms with Crippen LogP contribution in [0.5, 0.6) is 0 Å². The Bertz CT molecular complexity index is 798. The summed E-state index contributed by atoms with van der Waals surface area (Å²) >= 11 is 1.53. The molecule has 0 atom stereocenters. The second-order valence-corrected chi connectivity index (χ2v) is 8.22. The van der Waals surface area contributed by atoms with Gasteiger partial charge in [0.15, 0.2) is 0 Å². The van der Waals surface area contributed by atoms with Crippen molar-refractivity contribution in [1.82, 2.24) is 9.29 Å². The summed E-state index contributed by atoms with van der Waals surface area (Å²) in [7, 11) is -0.590. The molecule has 0 fully saturated rings. The van der Waals surface area contributed by atoms with E-state index >= 15 is 0 Å². The maximum atomic E-state index is 12.1. The summed E-state index contributed by atoms with van der Waals surface area (Å²) in [6, 6.07) is 6.21. The number of rotatable bonds is 6. The molecule has 124 valence electrons. The number of hydrogen-bond donors (Lipinski definition) is 1. The first-order valence-corrected chi connectivity index (χ1v) is 9.40. The van der Waals surface area contributed by atoms with Crippen molar-refractivity contribution in [2.24, 2.45) is 0 Å². The van der Waals surface area contributed by atoms with Crippen molar-refractivity contribution < 1.29 is 13.2 Å². The van der Waals surface area contributed by atoms with Gasteiger partial charge in [0.25, 0.3) is 0 Å². The number of nitrogens with one attached hydrogen (secondary N) is 1. The van der Waals surface area contributed by atoms with E-state index in [-0.39, 0.29) is 17.2 Å². The zero-order valence-electron chi connectivity index (χ0n) is 13.2. The predicted molar refractivity (Wildman–Crippen MR) is 91.1 cm³/mol. The maximum Gasteiger partial charge on any atom is 0.242 e. The molecule has 1 aromatic heterocycles. The van der Waals surface area contributed by atoms with E-state index in [9.17, 15) is 13.2 Å². The molecule has 0 unspecified atom stereocenters. The Labute approximate surface area is 140 Å². The maximum absolute atomic E-state index is 12.1. The zero-order valence-corrected chi connectivity index (χ0v) is 14.9. The lowest BCUT2D eigenvalue weighted by Crippen LogP contribution is -2.22. The highest BCUT2D eigenvalue weighted by Crippen LogP contribution is 2.18. The third-order valence-corrected chi connectivity index (χ3v) is 5.99. The lowest BCUT2D eigenvalue weighted by Gasteiger charge is -2.12. The first-order chi connectivity index (χ1) is 10.8. The number of aromatic nitrogens is 1. The van der Waals surface area contributed by atoms with E-state index in [0.717, 1.165) is 21.4 Å². The van der Waals surface area contributed by atoms with Crippen molar-refractivity contribution in [2.45, 2.75) is 24.7 Å². The molecule has 0 spiro atoms. The largest absolute Gasteiger partial charge is 0.326 e. The van der Waals surface area contributed by atoms with Crippen molar-refractivity contribution in [3.05, 3.63) is 40.3 Å². The van der Waals surface area contributed by atoms with Gasteiger partial charge in [-0.1, -0.05) is 13.0 Å². The molecule has 23 heavy (non-hydrogen) atoms. The Hall–Kier alpha value is -1.77. The predicted octanol–water partition coefficient (Wildman–Crippen LogP) is 2.14. The van der Waals surface area contributed by atoms with Gasteiger partial charge in [-0.25, -0.2) is 17.7 Å². The van der Waals surface area contributed by atoms with Gasteiger partial charge in [0, 0.05) is 25.2 Å². The number of carbonyl (C=O) groups is 1. The second kappa shape index (κ2) is 7.20. The van der Waals surface area contributed by atoms with Crippen LogP contribution >= 0.6 is 11.3 Å².